The summed E-state index contributed by atoms with van der Waals surface area (Å²) in [4.78, 5) is 37.1. The third-order valence-corrected chi connectivity index (χ3v) is 4.63. The molecule has 3 amide bonds. The van der Waals surface area contributed by atoms with E-state index in [0.717, 1.165) is 17.5 Å². The fourth-order valence-corrected chi connectivity index (χ4v) is 3.30. The molecule has 0 radical (unpaired) electrons. The molecule has 2 aromatic rings. The zero-order chi connectivity index (χ0) is 19.4. The molecule has 1 aliphatic heterocycles. The number of nitrogens with one attached hydrogen (secondary N) is 2. The number of anilines is 1. The third kappa shape index (κ3) is 3.92. The molecule has 0 aromatic heterocycles. The SMILES string of the molecule is CNC(=O)c1ccccc1-c1ccc(N2CCCC(NC(=O)O)C2=O)cc1. The van der Waals surface area contributed by atoms with Crippen LogP contribution >= 0.6 is 0 Å². The van der Waals surface area contributed by atoms with E-state index in [9.17, 15) is 14.4 Å². The van der Waals surface area contributed by atoms with Gasteiger partial charge >= 0.3 is 6.09 Å². The summed E-state index contributed by atoms with van der Waals surface area (Å²) in [5.41, 5.74) is 2.95. The number of nitrogens with zero attached hydrogens (tertiary/aromatic N) is 1. The predicted molar refractivity (Wildman–Crippen MR) is 102 cm³/mol. The van der Waals surface area contributed by atoms with Gasteiger partial charge in [-0.2, -0.15) is 0 Å². The molecule has 7 heteroatoms. The van der Waals surface area contributed by atoms with Gasteiger partial charge in [0.05, 0.1) is 0 Å². The van der Waals surface area contributed by atoms with Gasteiger partial charge in [0.15, 0.2) is 0 Å². The molecular formula is C20H21N3O4. The van der Waals surface area contributed by atoms with E-state index in [1.54, 1.807) is 18.0 Å². The molecule has 1 saturated heterocycles. The highest BCUT2D eigenvalue weighted by Gasteiger charge is 2.30. The van der Waals surface area contributed by atoms with Gasteiger partial charge < -0.3 is 20.6 Å². The van der Waals surface area contributed by atoms with E-state index < -0.39 is 12.1 Å². The van der Waals surface area contributed by atoms with Gasteiger partial charge in [0, 0.05) is 24.8 Å². The molecule has 0 aliphatic carbocycles. The number of hydrogen-bond donors (Lipinski definition) is 3. The second-order valence-corrected chi connectivity index (χ2v) is 6.31. The maximum absolute atomic E-state index is 12.5. The molecule has 140 valence electrons. The lowest BCUT2D eigenvalue weighted by Crippen LogP contribution is -2.52. The highest BCUT2D eigenvalue weighted by molar-refractivity contribution is 6.01. The minimum absolute atomic E-state index is 0.163. The van der Waals surface area contributed by atoms with Gasteiger partial charge in [-0.25, -0.2) is 4.79 Å². The minimum atomic E-state index is -1.20. The first-order valence-electron chi connectivity index (χ1n) is 8.73. The summed E-state index contributed by atoms with van der Waals surface area (Å²) in [7, 11) is 1.59. The second kappa shape index (κ2) is 7.90. The van der Waals surface area contributed by atoms with Crippen molar-refractivity contribution >= 4 is 23.6 Å². The Morgan fingerprint density at radius 3 is 2.48 bits per heavy atom. The van der Waals surface area contributed by atoms with Crippen molar-refractivity contribution in [2.24, 2.45) is 0 Å². The Bertz CT molecular complexity index is 864. The molecule has 0 bridgehead atoms. The van der Waals surface area contributed by atoms with Crippen LogP contribution in [0.1, 0.15) is 23.2 Å². The van der Waals surface area contributed by atoms with Crippen molar-refractivity contribution in [2.45, 2.75) is 18.9 Å². The molecule has 2 aromatic carbocycles. The maximum Gasteiger partial charge on any atom is 0.405 e. The number of piperidine rings is 1. The summed E-state index contributed by atoms with van der Waals surface area (Å²) in [6.07, 6.45) is 0.0216. The molecule has 1 unspecified atom stereocenters. The van der Waals surface area contributed by atoms with E-state index in [1.807, 2.05) is 42.5 Å². The Morgan fingerprint density at radius 1 is 1.11 bits per heavy atom. The van der Waals surface area contributed by atoms with Crippen molar-refractivity contribution in [3.8, 4) is 11.1 Å². The maximum atomic E-state index is 12.5. The average molecular weight is 367 g/mol. The number of carboxylic acid groups (broad SMARTS) is 1. The molecule has 1 atom stereocenters. The van der Waals surface area contributed by atoms with Crippen molar-refractivity contribution in [1.82, 2.24) is 10.6 Å². The molecular weight excluding hydrogens is 346 g/mol. The molecule has 1 aliphatic rings. The van der Waals surface area contributed by atoms with Gasteiger partial charge in [-0.15, -0.1) is 0 Å². The number of benzene rings is 2. The standard InChI is InChI=1S/C20H21N3O4/c1-21-18(24)16-6-3-2-5-15(16)13-8-10-14(11-9-13)23-12-4-7-17(19(23)25)22-20(26)27/h2-3,5-6,8-11,17,22H,4,7,12H2,1H3,(H,21,24)(H,26,27). The summed E-state index contributed by atoms with van der Waals surface area (Å²) in [5, 5.41) is 13.8. The summed E-state index contributed by atoms with van der Waals surface area (Å²) in [5.74, 6) is -0.411. The van der Waals surface area contributed by atoms with Crippen LogP contribution in [0.3, 0.4) is 0 Å². The largest absolute Gasteiger partial charge is 0.465 e. The first kappa shape index (κ1) is 18.4. The Balaban J connectivity index is 1.85. The Hall–Kier alpha value is -3.35. The van der Waals surface area contributed by atoms with E-state index in [0.29, 0.717) is 24.2 Å². The number of amides is 3. The Kier molecular flexibility index (Phi) is 5.40. The van der Waals surface area contributed by atoms with Crippen LogP contribution in [-0.4, -0.2) is 42.6 Å². The van der Waals surface area contributed by atoms with Crippen molar-refractivity contribution in [2.75, 3.05) is 18.5 Å². The van der Waals surface area contributed by atoms with Gasteiger partial charge in [0.1, 0.15) is 6.04 Å². The van der Waals surface area contributed by atoms with Gasteiger partial charge in [-0.1, -0.05) is 30.3 Å². The summed E-state index contributed by atoms with van der Waals surface area (Å²) >= 11 is 0. The molecule has 1 heterocycles. The van der Waals surface area contributed by atoms with E-state index in [2.05, 4.69) is 10.6 Å². The molecule has 7 nitrogen and oxygen atoms in total. The Labute approximate surface area is 157 Å². The smallest absolute Gasteiger partial charge is 0.405 e. The van der Waals surface area contributed by atoms with Crippen LogP contribution in [0.25, 0.3) is 11.1 Å². The van der Waals surface area contributed by atoms with Crippen LogP contribution in [-0.2, 0) is 4.79 Å². The van der Waals surface area contributed by atoms with Gasteiger partial charge in [0.25, 0.3) is 5.91 Å². The molecule has 0 spiro atoms. The van der Waals surface area contributed by atoms with E-state index in [4.69, 9.17) is 5.11 Å². The highest BCUT2D eigenvalue weighted by Crippen LogP contribution is 2.28. The number of rotatable bonds is 4. The first-order valence-corrected chi connectivity index (χ1v) is 8.73. The van der Waals surface area contributed by atoms with Crippen LogP contribution in [0.2, 0.25) is 0 Å². The lowest BCUT2D eigenvalue weighted by atomic mass is 9.98. The summed E-state index contributed by atoms with van der Waals surface area (Å²) < 4.78 is 0. The Morgan fingerprint density at radius 2 is 1.81 bits per heavy atom. The summed E-state index contributed by atoms with van der Waals surface area (Å²) in [6.45, 7) is 0.546. The zero-order valence-corrected chi connectivity index (χ0v) is 14.9. The minimum Gasteiger partial charge on any atom is -0.465 e. The van der Waals surface area contributed by atoms with Gasteiger partial charge in [0.2, 0.25) is 5.91 Å². The molecule has 3 rings (SSSR count). The predicted octanol–water partition coefficient (Wildman–Crippen LogP) is 2.48. The van der Waals surface area contributed by atoms with Crippen molar-refractivity contribution in [3.05, 3.63) is 54.1 Å². The quantitative estimate of drug-likeness (QED) is 0.773. The van der Waals surface area contributed by atoms with Gasteiger partial charge in [-0.3, -0.25) is 9.59 Å². The molecule has 3 N–H and O–H groups in total. The second-order valence-electron chi connectivity index (χ2n) is 6.31. The lowest BCUT2D eigenvalue weighted by molar-refractivity contribution is -0.121. The van der Waals surface area contributed by atoms with E-state index >= 15 is 0 Å². The summed E-state index contributed by atoms with van der Waals surface area (Å²) in [6, 6.07) is 13.9. The van der Waals surface area contributed by atoms with Crippen molar-refractivity contribution < 1.29 is 19.5 Å². The average Bonchev–Trinajstić information content (AvgIpc) is 2.69. The number of carbonyl (C=O) groups is 3. The first-order chi connectivity index (χ1) is 13.0. The highest BCUT2D eigenvalue weighted by atomic mass is 16.4. The number of carbonyl (C=O) groups excluding carboxylic acids is 2. The lowest BCUT2D eigenvalue weighted by Gasteiger charge is -2.32. The normalized spacial score (nSPS) is 16.7. The molecule has 0 saturated carbocycles. The van der Waals surface area contributed by atoms with Gasteiger partial charge in [-0.05, 0) is 42.2 Å². The number of hydrogen-bond acceptors (Lipinski definition) is 3. The topological polar surface area (TPSA) is 98.7 Å². The van der Waals surface area contributed by atoms with Crippen molar-refractivity contribution in [1.29, 1.82) is 0 Å². The van der Waals surface area contributed by atoms with E-state index in [-0.39, 0.29) is 11.8 Å². The van der Waals surface area contributed by atoms with E-state index in [1.165, 1.54) is 0 Å². The zero-order valence-electron chi connectivity index (χ0n) is 14.9. The van der Waals surface area contributed by atoms with Crippen LogP contribution in [0.5, 0.6) is 0 Å². The van der Waals surface area contributed by atoms with Crippen LogP contribution < -0.4 is 15.5 Å². The van der Waals surface area contributed by atoms with Crippen molar-refractivity contribution in [3.63, 3.8) is 0 Å². The van der Waals surface area contributed by atoms with Crippen LogP contribution in [0.15, 0.2) is 48.5 Å². The van der Waals surface area contributed by atoms with Crippen LogP contribution in [0, 0.1) is 0 Å². The molecule has 27 heavy (non-hydrogen) atoms. The monoisotopic (exact) mass is 367 g/mol. The third-order valence-electron chi connectivity index (χ3n) is 4.63. The fraction of sp³-hybridized carbons (Fsp3) is 0.250. The molecule has 1 fully saturated rings. The fourth-order valence-electron chi connectivity index (χ4n) is 3.30. The van der Waals surface area contributed by atoms with Crippen LogP contribution in [0.4, 0.5) is 10.5 Å².